The highest BCUT2D eigenvalue weighted by atomic mass is 35.5. The molecule has 1 fully saturated rings. The van der Waals surface area contributed by atoms with Crippen LogP contribution in [0.4, 0.5) is 0 Å². The van der Waals surface area contributed by atoms with Gasteiger partial charge in [0.05, 0.1) is 6.61 Å². The summed E-state index contributed by atoms with van der Waals surface area (Å²) in [5, 5.41) is 3.40. The van der Waals surface area contributed by atoms with E-state index in [9.17, 15) is 0 Å². The molecule has 1 saturated heterocycles. The van der Waals surface area contributed by atoms with Crippen LogP contribution in [0.1, 0.15) is 31.2 Å². The molecule has 1 aliphatic heterocycles. The van der Waals surface area contributed by atoms with Crippen LogP contribution < -0.4 is 5.32 Å². The Balaban J connectivity index is 0.00000162. The molecule has 0 atom stereocenters. The van der Waals surface area contributed by atoms with Crippen LogP contribution in [0.3, 0.4) is 0 Å². The van der Waals surface area contributed by atoms with Crippen LogP contribution in [0.15, 0.2) is 24.5 Å². The van der Waals surface area contributed by atoms with Crippen LogP contribution in [-0.2, 0) is 11.3 Å². The smallest absolute Gasteiger partial charge is 0.0717 e. The van der Waals surface area contributed by atoms with Gasteiger partial charge in [0.2, 0.25) is 0 Å². The van der Waals surface area contributed by atoms with E-state index in [-0.39, 0.29) is 12.4 Å². The number of nitrogens with one attached hydrogen (secondary N) is 1. The van der Waals surface area contributed by atoms with Crippen molar-refractivity contribution in [2.45, 2.75) is 32.3 Å². The lowest BCUT2D eigenvalue weighted by Gasteiger charge is -2.22. The van der Waals surface area contributed by atoms with Gasteiger partial charge in [-0.25, -0.2) is 0 Å². The molecule has 1 aromatic rings. The first-order valence-electron chi connectivity index (χ1n) is 6.62. The third kappa shape index (κ3) is 5.80. The van der Waals surface area contributed by atoms with Gasteiger partial charge in [0.25, 0.3) is 0 Å². The summed E-state index contributed by atoms with van der Waals surface area (Å²) < 4.78 is 5.67. The van der Waals surface area contributed by atoms with Crippen molar-refractivity contribution >= 4 is 12.4 Å². The van der Waals surface area contributed by atoms with E-state index >= 15 is 0 Å². The molecule has 0 saturated carbocycles. The molecule has 4 heteroatoms. The Hall–Kier alpha value is -0.640. The molecular weight excluding hydrogens is 248 g/mol. The number of nitrogens with zero attached hydrogens (tertiary/aromatic N) is 1. The molecule has 1 N–H and O–H groups in total. The Morgan fingerprint density at radius 3 is 2.67 bits per heavy atom. The second kappa shape index (κ2) is 9.31. The van der Waals surface area contributed by atoms with Crippen LogP contribution >= 0.6 is 12.4 Å². The topological polar surface area (TPSA) is 34.1 Å². The fourth-order valence-corrected chi connectivity index (χ4v) is 2.31. The zero-order chi connectivity index (χ0) is 11.8. The summed E-state index contributed by atoms with van der Waals surface area (Å²) in [6.45, 7) is 3.99. The summed E-state index contributed by atoms with van der Waals surface area (Å²) in [5.41, 5.74) is 1.21. The fourth-order valence-electron chi connectivity index (χ4n) is 2.31. The highest BCUT2D eigenvalue weighted by Crippen LogP contribution is 2.17. The number of halogens is 1. The number of piperidine rings is 1. The minimum atomic E-state index is 0. The summed E-state index contributed by atoms with van der Waals surface area (Å²) in [5.74, 6) is 0.917. The largest absolute Gasteiger partial charge is 0.377 e. The number of pyridine rings is 1. The summed E-state index contributed by atoms with van der Waals surface area (Å²) >= 11 is 0. The molecule has 0 unspecified atom stereocenters. The zero-order valence-corrected chi connectivity index (χ0v) is 11.6. The molecule has 0 aromatic carbocycles. The third-order valence-corrected chi connectivity index (χ3v) is 3.38. The first-order chi connectivity index (χ1) is 8.45. The van der Waals surface area contributed by atoms with E-state index in [1.165, 1.54) is 44.3 Å². The van der Waals surface area contributed by atoms with Gasteiger partial charge in [0, 0.05) is 19.0 Å². The molecule has 3 nitrogen and oxygen atoms in total. The van der Waals surface area contributed by atoms with Crippen LogP contribution in [0, 0.1) is 5.92 Å². The van der Waals surface area contributed by atoms with Crippen molar-refractivity contribution in [1.29, 1.82) is 0 Å². The molecule has 1 aliphatic rings. The number of ether oxygens (including phenoxy) is 1. The Bertz CT molecular complexity index is 302. The molecule has 1 aromatic heterocycles. The van der Waals surface area contributed by atoms with Gasteiger partial charge in [0.1, 0.15) is 0 Å². The molecule has 0 aliphatic carbocycles. The third-order valence-electron chi connectivity index (χ3n) is 3.38. The molecular formula is C14H23ClN2O. The molecule has 0 spiro atoms. The van der Waals surface area contributed by atoms with Crippen molar-refractivity contribution in [3.05, 3.63) is 30.1 Å². The Morgan fingerprint density at radius 1 is 1.22 bits per heavy atom. The Labute approximate surface area is 116 Å². The lowest BCUT2D eigenvalue weighted by Crippen LogP contribution is -2.27. The van der Waals surface area contributed by atoms with Gasteiger partial charge >= 0.3 is 0 Å². The Kier molecular flexibility index (Phi) is 7.98. The summed E-state index contributed by atoms with van der Waals surface area (Å²) in [6.07, 6.45) is 8.81. The minimum Gasteiger partial charge on any atom is -0.377 e. The van der Waals surface area contributed by atoms with Crippen LogP contribution in [0.2, 0.25) is 0 Å². The van der Waals surface area contributed by atoms with Gasteiger partial charge in [-0.2, -0.15) is 0 Å². The highest BCUT2D eigenvalue weighted by molar-refractivity contribution is 5.85. The standard InChI is InChI=1S/C14H22N2O.ClH/c1(2-13-3-7-15-8-4-13)11-17-12-14-5-9-16-10-6-14;/h5-6,9-10,13,15H,1-4,7-8,11-12H2;1H. The van der Waals surface area contributed by atoms with E-state index in [0.717, 1.165) is 19.1 Å². The van der Waals surface area contributed by atoms with Gasteiger partial charge in [-0.15, -0.1) is 12.4 Å². The van der Waals surface area contributed by atoms with Gasteiger partial charge in [-0.3, -0.25) is 4.98 Å². The molecule has 0 radical (unpaired) electrons. The van der Waals surface area contributed by atoms with E-state index in [1.54, 1.807) is 0 Å². The minimum absolute atomic E-state index is 0. The summed E-state index contributed by atoms with van der Waals surface area (Å²) in [4.78, 5) is 3.99. The van der Waals surface area contributed by atoms with Crippen molar-refractivity contribution < 1.29 is 4.74 Å². The van der Waals surface area contributed by atoms with Crippen LogP contribution in [-0.4, -0.2) is 24.7 Å². The fraction of sp³-hybridized carbons (Fsp3) is 0.643. The predicted molar refractivity (Wildman–Crippen MR) is 76.0 cm³/mol. The lowest BCUT2D eigenvalue weighted by molar-refractivity contribution is 0.112. The molecule has 2 rings (SSSR count). The quantitative estimate of drug-likeness (QED) is 0.807. The van der Waals surface area contributed by atoms with E-state index in [1.807, 2.05) is 24.5 Å². The van der Waals surface area contributed by atoms with Crippen molar-refractivity contribution in [3.8, 4) is 0 Å². The first-order valence-corrected chi connectivity index (χ1v) is 6.62. The van der Waals surface area contributed by atoms with Crippen LogP contribution in [0.25, 0.3) is 0 Å². The van der Waals surface area contributed by atoms with Gasteiger partial charge < -0.3 is 10.1 Å². The normalized spacial score (nSPS) is 16.2. The Morgan fingerprint density at radius 2 is 1.94 bits per heavy atom. The summed E-state index contributed by atoms with van der Waals surface area (Å²) in [6, 6.07) is 4.01. The summed E-state index contributed by atoms with van der Waals surface area (Å²) in [7, 11) is 0. The number of hydrogen-bond donors (Lipinski definition) is 1. The van der Waals surface area contributed by atoms with Gasteiger partial charge in [-0.05, 0) is 62.4 Å². The van der Waals surface area contributed by atoms with Gasteiger partial charge in [0.15, 0.2) is 0 Å². The van der Waals surface area contributed by atoms with Crippen molar-refractivity contribution in [2.75, 3.05) is 19.7 Å². The molecule has 0 bridgehead atoms. The van der Waals surface area contributed by atoms with Crippen molar-refractivity contribution in [2.24, 2.45) is 5.92 Å². The van der Waals surface area contributed by atoms with E-state index in [2.05, 4.69) is 10.3 Å². The van der Waals surface area contributed by atoms with Crippen LogP contribution in [0.5, 0.6) is 0 Å². The van der Waals surface area contributed by atoms with Crippen molar-refractivity contribution in [3.63, 3.8) is 0 Å². The zero-order valence-electron chi connectivity index (χ0n) is 10.8. The van der Waals surface area contributed by atoms with Gasteiger partial charge in [-0.1, -0.05) is 0 Å². The predicted octanol–water partition coefficient (Wildman–Crippen LogP) is 2.80. The maximum Gasteiger partial charge on any atom is 0.0717 e. The number of rotatable bonds is 6. The first kappa shape index (κ1) is 15.4. The van der Waals surface area contributed by atoms with Crippen molar-refractivity contribution in [1.82, 2.24) is 10.3 Å². The molecule has 18 heavy (non-hydrogen) atoms. The second-order valence-corrected chi connectivity index (χ2v) is 4.74. The average molecular weight is 271 g/mol. The lowest BCUT2D eigenvalue weighted by atomic mass is 9.93. The maximum absolute atomic E-state index is 5.67. The molecule has 102 valence electrons. The second-order valence-electron chi connectivity index (χ2n) is 4.74. The SMILES string of the molecule is Cl.c1cc(COCCCC2CCNCC2)ccn1. The highest BCUT2D eigenvalue weighted by Gasteiger charge is 2.11. The van der Waals surface area contributed by atoms with E-state index in [0.29, 0.717) is 0 Å². The average Bonchev–Trinajstić information content (AvgIpc) is 2.41. The molecule has 0 amide bonds. The monoisotopic (exact) mass is 270 g/mol. The van der Waals surface area contributed by atoms with E-state index < -0.39 is 0 Å². The molecule has 2 heterocycles. The number of hydrogen-bond acceptors (Lipinski definition) is 3. The number of aromatic nitrogens is 1. The van der Waals surface area contributed by atoms with E-state index in [4.69, 9.17) is 4.74 Å². The maximum atomic E-state index is 5.67.